The Kier molecular flexibility index (Phi) is 11.9. The number of nitrogens with zero attached hydrogens (tertiary/aromatic N) is 1. The number of rotatable bonds is 5. The first kappa shape index (κ1) is 34.6. The Balaban J connectivity index is 1.61. The number of fused-ring (bicyclic) bond motifs is 18. The van der Waals surface area contributed by atoms with Crippen LogP contribution in [-0.2, 0) is 36.9 Å². The first-order chi connectivity index (χ1) is 21.9. The molecule has 3 aliphatic rings. The Bertz CT molecular complexity index is 1380. The van der Waals surface area contributed by atoms with Gasteiger partial charge in [0, 0.05) is 31.6 Å². The fourth-order valence-electron chi connectivity index (χ4n) is 5.60. The Morgan fingerprint density at radius 3 is 2.20 bits per heavy atom. The molecule has 11 heteroatoms. The normalized spacial score (nSPS) is 23.3. The van der Waals surface area contributed by atoms with Gasteiger partial charge in [-0.2, -0.15) is 0 Å². The smallest absolute Gasteiger partial charge is 0.251 e. The average Bonchev–Trinajstić information content (AvgIpc) is 3.01. The van der Waals surface area contributed by atoms with Crippen LogP contribution in [0.4, 0.5) is 0 Å². The van der Waals surface area contributed by atoms with Crippen LogP contribution in [0.2, 0.25) is 0 Å². The second kappa shape index (κ2) is 15.8. The number of nitrogens with one attached hydrogen (secondary N) is 4. The third-order valence-electron chi connectivity index (χ3n) is 8.38. The molecule has 2 aromatic rings. The molecular weight excluding hydrogens is 586 g/mol. The van der Waals surface area contributed by atoms with Crippen molar-refractivity contribution in [3.8, 4) is 0 Å². The summed E-state index contributed by atoms with van der Waals surface area (Å²) in [5, 5.41) is 11.3. The minimum Gasteiger partial charge on any atom is -0.379 e. The van der Waals surface area contributed by atoms with Crippen LogP contribution in [-0.4, -0.2) is 78.9 Å². The van der Waals surface area contributed by atoms with E-state index < -0.39 is 41.3 Å². The first-order valence-electron chi connectivity index (χ1n) is 16.1. The van der Waals surface area contributed by atoms with Crippen molar-refractivity contribution in [1.82, 2.24) is 26.2 Å². The highest BCUT2D eigenvalue weighted by Gasteiger charge is 2.43. The van der Waals surface area contributed by atoms with Gasteiger partial charge >= 0.3 is 0 Å². The maximum Gasteiger partial charge on any atom is 0.251 e. The third-order valence-corrected chi connectivity index (χ3v) is 8.38. The van der Waals surface area contributed by atoms with Gasteiger partial charge in [0.05, 0.1) is 18.6 Å². The lowest BCUT2D eigenvalue weighted by molar-refractivity contribution is -0.169. The largest absolute Gasteiger partial charge is 0.379 e. The highest BCUT2D eigenvalue weighted by molar-refractivity contribution is 5.99. The van der Waals surface area contributed by atoms with Crippen LogP contribution in [0.3, 0.4) is 0 Å². The van der Waals surface area contributed by atoms with Crippen molar-refractivity contribution < 1.29 is 28.7 Å². The average molecular weight is 634 g/mol. The monoisotopic (exact) mass is 633 g/mol. The fourth-order valence-corrected chi connectivity index (χ4v) is 5.60. The van der Waals surface area contributed by atoms with Gasteiger partial charge in [-0.1, -0.05) is 56.3 Å². The number of hydrogen-bond donors (Lipinski definition) is 4. The first-order valence-corrected chi connectivity index (χ1v) is 16.1. The van der Waals surface area contributed by atoms with E-state index >= 15 is 0 Å². The number of hydrogen-bond acceptors (Lipinski definition) is 6. The topological polar surface area (TPSA) is 146 Å². The van der Waals surface area contributed by atoms with E-state index in [0.29, 0.717) is 57.7 Å². The molecule has 0 aromatic heterocycles. The van der Waals surface area contributed by atoms with Crippen molar-refractivity contribution in [2.24, 2.45) is 11.3 Å². The SMILES string of the molecule is CC(C)C[C@@H]1NC(=O)[C@@H](Cc2ccccc2)NC(=O)c2ccc(cc2)CN(C(=O)C2(C)COC2)CCCCNC(=O)[C@@H](C)NC1=O. The van der Waals surface area contributed by atoms with Gasteiger partial charge in [0.1, 0.15) is 18.1 Å². The van der Waals surface area contributed by atoms with Crippen LogP contribution >= 0.6 is 0 Å². The molecule has 5 rings (SSSR count). The van der Waals surface area contributed by atoms with Gasteiger partial charge in [-0.15, -0.1) is 0 Å². The Labute approximate surface area is 271 Å². The molecule has 2 aromatic carbocycles. The lowest BCUT2D eigenvalue weighted by Crippen LogP contribution is -2.57. The van der Waals surface area contributed by atoms with Crippen LogP contribution in [0.1, 0.15) is 68.4 Å². The molecule has 5 amide bonds. The molecule has 0 spiro atoms. The van der Waals surface area contributed by atoms with Crippen molar-refractivity contribution in [3.63, 3.8) is 0 Å². The minimum absolute atomic E-state index is 0.00468. The van der Waals surface area contributed by atoms with Gasteiger partial charge in [0.2, 0.25) is 23.6 Å². The van der Waals surface area contributed by atoms with E-state index in [1.807, 2.05) is 63.2 Å². The Morgan fingerprint density at radius 1 is 0.891 bits per heavy atom. The maximum absolute atomic E-state index is 13.7. The molecule has 3 aliphatic heterocycles. The predicted molar refractivity (Wildman–Crippen MR) is 173 cm³/mol. The highest BCUT2D eigenvalue weighted by atomic mass is 16.5. The van der Waals surface area contributed by atoms with Crippen molar-refractivity contribution >= 4 is 29.5 Å². The Morgan fingerprint density at radius 2 is 1.57 bits per heavy atom. The molecule has 0 unspecified atom stereocenters. The molecule has 1 saturated heterocycles. The van der Waals surface area contributed by atoms with Gasteiger partial charge in [-0.25, -0.2) is 0 Å². The maximum atomic E-state index is 13.7. The van der Waals surface area contributed by atoms with Crippen molar-refractivity contribution in [1.29, 1.82) is 0 Å². The predicted octanol–water partition coefficient (Wildman–Crippen LogP) is 2.34. The van der Waals surface area contributed by atoms with Crippen molar-refractivity contribution in [2.45, 2.75) is 78.0 Å². The summed E-state index contributed by atoms with van der Waals surface area (Å²) in [4.78, 5) is 68.6. The number of carbonyl (C=O) groups is 5. The van der Waals surface area contributed by atoms with Crippen LogP contribution in [0.15, 0.2) is 54.6 Å². The fraction of sp³-hybridized carbons (Fsp3) is 0.514. The zero-order chi connectivity index (χ0) is 33.3. The zero-order valence-corrected chi connectivity index (χ0v) is 27.3. The Hall–Kier alpha value is -4.25. The molecule has 3 atom stereocenters. The number of ether oxygens (including phenoxy) is 1. The van der Waals surface area contributed by atoms with Gasteiger partial charge in [0.15, 0.2) is 0 Å². The minimum atomic E-state index is -0.967. The van der Waals surface area contributed by atoms with Gasteiger partial charge in [0.25, 0.3) is 5.91 Å². The van der Waals surface area contributed by atoms with Gasteiger partial charge in [-0.05, 0) is 62.3 Å². The summed E-state index contributed by atoms with van der Waals surface area (Å²) in [6, 6.07) is 13.6. The summed E-state index contributed by atoms with van der Waals surface area (Å²) in [5.74, 6) is -1.67. The molecule has 248 valence electrons. The molecule has 46 heavy (non-hydrogen) atoms. The summed E-state index contributed by atoms with van der Waals surface area (Å²) < 4.78 is 5.34. The van der Waals surface area contributed by atoms with Gasteiger partial charge in [-0.3, -0.25) is 24.0 Å². The van der Waals surface area contributed by atoms with Gasteiger partial charge < -0.3 is 30.9 Å². The second-order valence-corrected chi connectivity index (χ2v) is 13.1. The second-order valence-electron chi connectivity index (χ2n) is 13.1. The molecular formula is C35H47N5O6. The molecule has 3 heterocycles. The molecule has 0 radical (unpaired) electrons. The van der Waals surface area contributed by atoms with Crippen LogP contribution in [0.25, 0.3) is 0 Å². The van der Waals surface area contributed by atoms with Crippen LogP contribution < -0.4 is 21.3 Å². The molecule has 1 fully saturated rings. The van der Waals surface area contributed by atoms with Crippen molar-refractivity contribution in [3.05, 3.63) is 71.3 Å². The molecule has 2 bridgehead atoms. The lowest BCUT2D eigenvalue weighted by atomic mass is 9.86. The summed E-state index contributed by atoms with van der Waals surface area (Å²) in [5.41, 5.74) is 1.50. The number of benzene rings is 2. The summed E-state index contributed by atoms with van der Waals surface area (Å²) in [6.07, 6.45) is 1.86. The van der Waals surface area contributed by atoms with E-state index in [2.05, 4.69) is 21.3 Å². The van der Waals surface area contributed by atoms with E-state index in [-0.39, 0.29) is 24.2 Å². The quantitative estimate of drug-likeness (QED) is 0.372. The zero-order valence-electron chi connectivity index (χ0n) is 27.3. The van der Waals surface area contributed by atoms with E-state index in [4.69, 9.17) is 4.74 Å². The van der Waals surface area contributed by atoms with Crippen LogP contribution in [0, 0.1) is 11.3 Å². The standard InChI is InChI=1S/C35H47N5O6/c1-23(2)18-28-32(43)37-24(3)30(41)36-16-8-9-17-40(34(45)35(4)21-46-22-35)20-26-12-14-27(15-13-26)31(42)38-29(33(44)39-28)19-25-10-6-5-7-11-25/h5-7,10-15,23-24,28-29H,8-9,16-22H2,1-4H3,(H,36,41)(H,37,43)(H,38,42)(H,39,44)/t24-,28+,29-/m1/s1. The van der Waals surface area contributed by atoms with Crippen molar-refractivity contribution in [2.75, 3.05) is 26.3 Å². The highest BCUT2D eigenvalue weighted by Crippen LogP contribution is 2.30. The molecule has 11 nitrogen and oxygen atoms in total. The van der Waals surface area contributed by atoms with E-state index in [9.17, 15) is 24.0 Å². The summed E-state index contributed by atoms with van der Waals surface area (Å²) in [7, 11) is 0. The molecule has 4 N–H and O–H groups in total. The third kappa shape index (κ3) is 9.38. The lowest BCUT2D eigenvalue weighted by Gasteiger charge is -2.40. The molecule has 0 aliphatic carbocycles. The van der Waals surface area contributed by atoms with E-state index in [0.717, 1.165) is 11.1 Å². The summed E-state index contributed by atoms with van der Waals surface area (Å²) in [6.45, 7) is 9.36. The van der Waals surface area contributed by atoms with E-state index in [1.165, 1.54) is 0 Å². The van der Waals surface area contributed by atoms with E-state index in [1.54, 1.807) is 24.0 Å². The summed E-state index contributed by atoms with van der Waals surface area (Å²) >= 11 is 0. The van der Waals surface area contributed by atoms with Crippen LogP contribution in [0.5, 0.6) is 0 Å². The molecule has 0 saturated carbocycles. The number of amides is 5. The number of carbonyl (C=O) groups excluding carboxylic acids is 5.